The van der Waals surface area contributed by atoms with Crippen molar-refractivity contribution in [1.82, 2.24) is 34.9 Å². The van der Waals surface area contributed by atoms with E-state index < -0.39 is 18.2 Å². The monoisotopic (exact) mass is 418 g/mol. The summed E-state index contributed by atoms with van der Waals surface area (Å²) in [6.07, 6.45) is 1.26. The van der Waals surface area contributed by atoms with Crippen molar-refractivity contribution in [3.63, 3.8) is 0 Å². The van der Waals surface area contributed by atoms with Gasteiger partial charge in [0.05, 0.1) is 0 Å². The summed E-state index contributed by atoms with van der Waals surface area (Å²) in [6.45, 7) is 6.12. The minimum absolute atomic E-state index is 0.289. The Bertz CT molecular complexity index is 826. The molecule has 0 spiro atoms. The summed E-state index contributed by atoms with van der Waals surface area (Å²) in [7, 11) is 3.78. The number of rotatable bonds is 4. The molecule has 2 fully saturated rings. The molecule has 2 atom stereocenters. The molecule has 156 valence electrons. The van der Waals surface area contributed by atoms with Gasteiger partial charge in [0.25, 0.3) is 5.91 Å². The number of aliphatic imine (C=N–C) groups is 1. The van der Waals surface area contributed by atoms with Crippen molar-refractivity contribution in [2.24, 2.45) is 4.99 Å². The molecule has 2 saturated heterocycles. The van der Waals surface area contributed by atoms with E-state index in [0.717, 1.165) is 43.0 Å². The summed E-state index contributed by atoms with van der Waals surface area (Å²) in [5.41, 5.74) is 0.926. The number of amides is 3. The number of aromatic nitrogens is 2. The Balaban J connectivity index is 1.52. The molecule has 3 aliphatic rings. The molecular formula is C18H26N8O2S. The van der Waals surface area contributed by atoms with E-state index in [0.29, 0.717) is 12.3 Å². The van der Waals surface area contributed by atoms with E-state index in [2.05, 4.69) is 32.1 Å². The lowest BCUT2D eigenvalue weighted by Crippen LogP contribution is -2.64. The molecule has 0 aliphatic carbocycles. The SMILES string of the molecule is Cc1ccnc(SCCN2C(N3CCN(C)CC3)=NC3C2C(=O)NC(=O)N3C)n1. The number of piperazine rings is 1. The van der Waals surface area contributed by atoms with Gasteiger partial charge in [-0.3, -0.25) is 10.1 Å². The van der Waals surface area contributed by atoms with Crippen LogP contribution in [-0.4, -0.2) is 112 Å². The van der Waals surface area contributed by atoms with E-state index in [9.17, 15) is 9.59 Å². The quantitative estimate of drug-likeness (QED) is 0.525. The fourth-order valence-electron chi connectivity index (χ4n) is 3.75. The fourth-order valence-corrected chi connectivity index (χ4v) is 4.57. The number of carbonyl (C=O) groups is 2. The van der Waals surface area contributed by atoms with Crippen LogP contribution >= 0.6 is 11.8 Å². The van der Waals surface area contributed by atoms with Crippen LogP contribution in [0.4, 0.5) is 4.79 Å². The molecule has 4 heterocycles. The van der Waals surface area contributed by atoms with Crippen LogP contribution in [0.1, 0.15) is 5.69 Å². The highest BCUT2D eigenvalue weighted by molar-refractivity contribution is 7.99. The minimum atomic E-state index is -0.508. The van der Waals surface area contributed by atoms with Gasteiger partial charge in [0.15, 0.2) is 23.3 Å². The topological polar surface area (TPSA) is 97.3 Å². The summed E-state index contributed by atoms with van der Waals surface area (Å²) >= 11 is 1.55. The second-order valence-electron chi connectivity index (χ2n) is 7.51. The first-order valence-electron chi connectivity index (χ1n) is 9.72. The van der Waals surface area contributed by atoms with E-state index >= 15 is 0 Å². The second-order valence-corrected chi connectivity index (χ2v) is 8.57. The molecule has 1 aromatic heterocycles. The number of likely N-dealkylation sites (N-methyl/N-ethyl adjacent to an activating group) is 2. The molecule has 0 radical (unpaired) electrons. The summed E-state index contributed by atoms with van der Waals surface area (Å²) < 4.78 is 0. The van der Waals surface area contributed by atoms with Gasteiger partial charge in [-0.05, 0) is 20.0 Å². The van der Waals surface area contributed by atoms with Crippen LogP contribution in [0.5, 0.6) is 0 Å². The normalized spacial score (nSPS) is 25.2. The van der Waals surface area contributed by atoms with E-state index in [-0.39, 0.29) is 5.91 Å². The van der Waals surface area contributed by atoms with Crippen molar-refractivity contribution in [2.45, 2.75) is 24.3 Å². The zero-order valence-electron chi connectivity index (χ0n) is 16.9. The number of fused-ring (bicyclic) bond motifs is 1. The average molecular weight is 419 g/mol. The lowest BCUT2D eigenvalue weighted by Gasteiger charge is -2.39. The molecular weight excluding hydrogens is 392 g/mol. The first kappa shape index (κ1) is 19.9. The third-order valence-corrected chi connectivity index (χ3v) is 6.30. The predicted octanol–water partition coefficient (Wildman–Crippen LogP) is -0.328. The Morgan fingerprint density at radius 2 is 1.97 bits per heavy atom. The number of nitrogens with one attached hydrogen (secondary N) is 1. The van der Waals surface area contributed by atoms with Crippen LogP contribution in [0.25, 0.3) is 0 Å². The van der Waals surface area contributed by atoms with Crippen LogP contribution in [0, 0.1) is 6.92 Å². The number of guanidine groups is 1. The maximum absolute atomic E-state index is 12.7. The molecule has 29 heavy (non-hydrogen) atoms. The molecule has 1 aromatic rings. The first-order chi connectivity index (χ1) is 13.9. The van der Waals surface area contributed by atoms with Crippen LogP contribution < -0.4 is 5.32 Å². The highest BCUT2D eigenvalue weighted by Gasteiger charge is 2.49. The maximum atomic E-state index is 12.7. The van der Waals surface area contributed by atoms with Gasteiger partial charge < -0.3 is 19.6 Å². The van der Waals surface area contributed by atoms with Crippen molar-refractivity contribution in [3.8, 4) is 0 Å². The van der Waals surface area contributed by atoms with Crippen LogP contribution in [0.2, 0.25) is 0 Å². The zero-order chi connectivity index (χ0) is 20.5. The molecule has 3 aliphatic heterocycles. The molecule has 4 rings (SSSR count). The fraction of sp³-hybridized carbons (Fsp3) is 0.611. The first-order valence-corrected chi connectivity index (χ1v) is 10.7. The van der Waals surface area contributed by atoms with Crippen molar-refractivity contribution in [2.75, 3.05) is 52.6 Å². The second kappa shape index (κ2) is 8.15. The highest BCUT2D eigenvalue weighted by Crippen LogP contribution is 2.26. The lowest BCUT2D eigenvalue weighted by molar-refractivity contribution is -0.127. The highest BCUT2D eigenvalue weighted by atomic mass is 32.2. The summed E-state index contributed by atoms with van der Waals surface area (Å²) in [5, 5.41) is 3.17. The number of thioether (sulfide) groups is 1. The Kier molecular flexibility index (Phi) is 5.59. The smallest absolute Gasteiger partial charge is 0.325 e. The van der Waals surface area contributed by atoms with Crippen molar-refractivity contribution < 1.29 is 9.59 Å². The number of hydrogen-bond donors (Lipinski definition) is 1. The van der Waals surface area contributed by atoms with Gasteiger partial charge in [0.1, 0.15) is 0 Å². The number of urea groups is 1. The van der Waals surface area contributed by atoms with Gasteiger partial charge in [-0.2, -0.15) is 0 Å². The zero-order valence-corrected chi connectivity index (χ0v) is 17.7. The van der Waals surface area contributed by atoms with Crippen molar-refractivity contribution in [1.29, 1.82) is 0 Å². The van der Waals surface area contributed by atoms with Gasteiger partial charge in [-0.1, -0.05) is 11.8 Å². The molecule has 0 saturated carbocycles. The summed E-state index contributed by atoms with van der Waals surface area (Å²) in [6, 6.07) is 0.959. The van der Waals surface area contributed by atoms with Gasteiger partial charge in [0.2, 0.25) is 0 Å². The molecule has 0 bridgehead atoms. The summed E-state index contributed by atoms with van der Waals surface area (Å²) in [5.74, 6) is 1.23. The van der Waals surface area contributed by atoms with E-state index in [1.807, 2.05) is 17.9 Å². The van der Waals surface area contributed by atoms with Gasteiger partial charge in [0, 0.05) is 57.4 Å². The summed E-state index contributed by atoms with van der Waals surface area (Å²) in [4.78, 5) is 46.3. The number of nitrogens with zero attached hydrogens (tertiary/aromatic N) is 7. The van der Waals surface area contributed by atoms with Crippen molar-refractivity contribution in [3.05, 3.63) is 18.0 Å². The van der Waals surface area contributed by atoms with E-state index in [1.54, 1.807) is 25.0 Å². The lowest BCUT2D eigenvalue weighted by atomic mass is 10.1. The molecule has 3 amide bonds. The van der Waals surface area contributed by atoms with Gasteiger partial charge >= 0.3 is 6.03 Å². The number of imide groups is 1. The number of aryl methyl sites for hydroxylation is 1. The third kappa shape index (κ3) is 4.01. The van der Waals surface area contributed by atoms with Crippen LogP contribution in [0.3, 0.4) is 0 Å². The van der Waals surface area contributed by atoms with Crippen LogP contribution in [-0.2, 0) is 4.79 Å². The van der Waals surface area contributed by atoms with Gasteiger partial charge in [-0.15, -0.1) is 0 Å². The average Bonchev–Trinajstić information content (AvgIpc) is 3.07. The Morgan fingerprint density at radius 3 is 2.69 bits per heavy atom. The number of carbonyl (C=O) groups excluding carboxylic acids is 2. The van der Waals surface area contributed by atoms with E-state index in [1.165, 1.54) is 4.90 Å². The molecule has 2 unspecified atom stereocenters. The Labute approximate surface area is 174 Å². The predicted molar refractivity (Wildman–Crippen MR) is 110 cm³/mol. The molecule has 0 aromatic carbocycles. The molecule has 11 heteroatoms. The van der Waals surface area contributed by atoms with Crippen molar-refractivity contribution >= 4 is 29.7 Å². The Hall–Kier alpha value is -2.40. The van der Waals surface area contributed by atoms with E-state index in [4.69, 9.17) is 4.99 Å². The molecule has 1 N–H and O–H groups in total. The largest absolute Gasteiger partial charge is 0.340 e. The third-order valence-electron chi connectivity index (χ3n) is 5.46. The van der Waals surface area contributed by atoms with Gasteiger partial charge in [-0.25, -0.2) is 19.8 Å². The minimum Gasteiger partial charge on any atom is -0.340 e. The number of hydrogen-bond acceptors (Lipinski definition) is 9. The maximum Gasteiger partial charge on any atom is 0.325 e. The molecule has 10 nitrogen and oxygen atoms in total. The standard InChI is InChI=1S/C18H26N8O2S/c1-12-4-5-19-16(20-12)29-11-10-26-13-14(24(3)18(28)22-15(13)27)21-17(26)25-8-6-23(2)7-9-25/h4-5,13-14H,6-11H2,1-3H3,(H,22,27,28). The van der Waals surface area contributed by atoms with Crippen LogP contribution in [0.15, 0.2) is 22.4 Å². The Morgan fingerprint density at radius 1 is 1.21 bits per heavy atom.